The molecule has 0 radical (unpaired) electrons. The van der Waals surface area contributed by atoms with Gasteiger partial charge in [0.15, 0.2) is 0 Å². The highest BCUT2D eigenvalue weighted by atomic mass is 16.3. The molecule has 0 bridgehead atoms. The normalized spacial score (nSPS) is 15.0. The molecule has 0 atom stereocenters. The lowest BCUT2D eigenvalue weighted by Crippen LogP contribution is -2.49. The highest BCUT2D eigenvalue weighted by Gasteiger charge is 2.23. The lowest BCUT2D eigenvalue weighted by Gasteiger charge is -2.35. The van der Waals surface area contributed by atoms with E-state index in [2.05, 4.69) is 14.9 Å². The number of carbonyl (C=O) groups is 1. The first-order valence-electron chi connectivity index (χ1n) is 7.98. The van der Waals surface area contributed by atoms with Crippen LogP contribution >= 0.6 is 0 Å². The molecule has 1 aromatic carbocycles. The Morgan fingerprint density at radius 2 is 1.92 bits per heavy atom. The molecule has 3 aromatic rings. The van der Waals surface area contributed by atoms with Crippen molar-refractivity contribution in [2.24, 2.45) is 0 Å². The number of H-pyrrole nitrogens is 1. The van der Waals surface area contributed by atoms with Gasteiger partial charge in [-0.15, -0.1) is 0 Å². The summed E-state index contributed by atoms with van der Waals surface area (Å²) in [7, 11) is 0. The zero-order chi connectivity index (χ0) is 16.5. The van der Waals surface area contributed by atoms with E-state index in [-0.39, 0.29) is 11.7 Å². The van der Waals surface area contributed by atoms with Gasteiger partial charge >= 0.3 is 0 Å². The van der Waals surface area contributed by atoms with Crippen molar-refractivity contribution in [2.45, 2.75) is 0 Å². The summed E-state index contributed by atoms with van der Waals surface area (Å²) in [6.45, 7) is 2.86. The van der Waals surface area contributed by atoms with E-state index in [0.717, 1.165) is 29.8 Å². The average Bonchev–Trinajstić information content (AvgIpc) is 3.05. The Hall–Kier alpha value is -3.02. The Bertz CT molecular complexity index is 867. The van der Waals surface area contributed by atoms with E-state index >= 15 is 0 Å². The number of amides is 1. The average molecular weight is 322 g/mol. The number of nitrogens with one attached hydrogen (secondary N) is 1. The van der Waals surface area contributed by atoms with E-state index in [4.69, 9.17) is 0 Å². The predicted octanol–water partition coefficient (Wildman–Crippen LogP) is 2.23. The van der Waals surface area contributed by atoms with Crippen molar-refractivity contribution in [3.8, 4) is 5.75 Å². The second kappa shape index (κ2) is 5.88. The fourth-order valence-corrected chi connectivity index (χ4v) is 3.09. The fraction of sp³-hybridized carbons (Fsp3) is 0.222. The number of aromatic hydroxyl groups is 1. The lowest BCUT2D eigenvalue weighted by molar-refractivity contribution is 0.0741. The van der Waals surface area contributed by atoms with Crippen LogP contribution in [0.25, 0.3) is 10.9 Å². The number of phenolic OH excluding ortho intramolecular Hbond substituents is 1. The van der Waals surface area contributed by atoms with Crippen LogP contribution in [0.2, 0.25) is 0 Å². The Kier molecular flexibility index (Phi) is 3.57. The van der Waals surface area contributed by atoms with Crippen molar-refractivity contribution < 1.29 is 9.90 Å². The molecule has 1 amide bonds. The van der Waals surface area contributed by atoms with Gasteiger partial charge < -0.3 is 19.9 Å². The van der Waals surface area contributed by atoms with Crippen LogP contribution in [0.4, 0.5) is 5.82 Å². The van der Waals surface area contributed by atoms with Gasteiger partial charge in [-0.1, -0.05) is 6.07 Å². The monoisotopic (exact) mass is 322 g/mol. The number of benzene rings is 1. The van der Waals surface area contributed by atoms with E-state index in [1.165, 1.54) is 0 Å². The molecule has 0 spiro atoms. The van der Waals surface area contributed by atoms with Crippen molar-refractivity contribution in [2.75, 3.05) is 31.1 Å². The molecule has 1 fully saturated rings. The number of rotatable bonds is 2. The summed E-state index contributed by atoms with van der Waals surface area (Å²) in [5, 5.41) is 10.4. The van der Waals surface area contributed by atoms with Crippen molar-refractivity contribution >= 4 is 22.6 Å². The number of carbonyl (C=O) groups excluding carboxylic acids is 1. The minimum atomic E-state index is -0.00800. The Labute approximate surface area is 139 Å². The van der Waals surface area contributed by atoms with Crippen molar-refractivity contribution in [3.05, 3.63) is 54.4 Å². The standard InChI is InChI=1S/C18H18N4O2/c23-14-4-5-15-13(11-14)12-16(20-15)18(24)22-9-7-21(8-10-22)17-3-1-2-6-19-17/h1-6,11-12,20,23H,7-10H2. The third-order valence-electron chi connectivity index (χ3n) is 4.37. The number of nitrogens with zero attached hydrogens (tertiary/aromatic N) is 3. The Balaban J connectivity index is 1.47. The summed E-state index contributed by atoms with van der Waals surface area (Å²) in [5.41, 5.74) is 1.41. The maximum absolute atomic E-state index is 12.7. The van der Waals surface area contributed by atoms with Gasteiger partial charge in [0.1, 0.15) is 17.3 Å². The molecule has 1 aliphatic heterocycles. The zero-order valence-electron chi connectivity index (χ0n) is 13.1. The van der Waals surface area contributed by atoms with Gasteiger partial charge in [0.2, 0.25) is 0 Å². The van der Waals surface area contributed by atoms with Crippen LogP contribution < -0.4 is 4.90 Å². The van der Waals surface area contributed by atoms with E-state index in [1.54, 1.807) is 30.5 Å². The number of pyridine rings is 1. The van der Waals surface area contributed by atoms with Gasteiger partial charge in [-0.25, -0.2) is 4.98 Å². The van der Waals surface area contributed by atoms with E-state index in [1.807, 2.05) is 23.1 Å². The Morgan fingerprint density at radius 1 is 1.08 bits per heavy atom. The molecule has 122 valence electrons. The molecule has 6 heteroatoms. The second-order valence-electron chi connectivity index (χ2n) is 5.92. The lowest BCUT2D eigenvalue weighted by atomic mass is 10.2. The summed E-state index contributed by atoms with van der Waals surface area (Å²) in [5.74, 6) is 1.14. The predicted molar refractivity (Wildman–Crippen MR) is 92.3 cm³/mol. The highest BCUT2D eigenvalue weighted by molar-refractivity contribution is 5.98. The van der Waals surface area contributed by atoms with Crippen LogP contribution in [0.3, 0.4) is 0 Å². The van der Waals surface area contributed by atoms with E-state index in [9.17, 15) is 9.90 Å². The number of piperazine rings is 1. The second-order valence-corrected chi connectivity index (χ2v) is 5.92. The van der Waals surface area contributed by atoms with Crippen molar-refractivity contribution in [1.29, 1.82) is 0 Å². The maximum Gasteiger partial charge on any atom is 0.270 e. The number of fused-ring (bicyclic) bond motifs is 1. The quantitative estimate of drug-likeness (QED) is 0.759. The first-order valence-corrected chi connectivity index (χ1v) is 7.98. The number of anilines is 1. The first-order chi connectivity index (χ1) is 11.7. The molecule has 6 nitrogen and oxygen atoms in total. The van der Waals surface area contributed by atoms with Gasteiger partial charge in [-0.3, -0.25) is 4.79 Å². The molecule has 1 aliphatic rings. The van der Waals surface area contributed by atoms with Crippen LogP contribution in [0, 0.1) is 0 Å². The van der Waals surface area contributed by atoms with Crippen LogP contribution in [-0.2, 0) is 0 Å². The summed E-state index contributed by atoms with van der Waals surface area (Å²) in [6.07, 6.45) is 1.78. The van der Waals surface area contributed by atoms with Crippen molar-refractivity contribution in [1.82, 2.24) is 14.9 Å². The Morgan fingerprint density at radius 3 is 2.67 bits per heavy atom. The smallest absolute Gasteiger partial charge is 0.270 e. The fourth-order valence-electron chi connectivity index (χ4n) is 3.09. The minimum absolute atomic E-state index is 0.00800. The molecule has 4 rings (SSSR count). The largest absolute Gasteiger partial charge is 0.508 e. The molecule has 3 heterocycles. The summed E-state index contributed by atoms with van der Waals surface area (Å²) < 4.78 is 0. The molecule has 0 unspecified atom stereocenters. The van der Waals surface area contributed by atoms with Crippen molar-refractivity contribution in [3.63, 3.8) is 0 Å². The number of aromatic amines is 1. The summed E-state index contributed by atoms with van der Waals surface area (Å²) in [4.78, 5) is 24.2. The van der Waals surface area contributed by atoms with E-state index in [0.29, 0.717) is 18.8 Å². The summed E-state index contributed by atoms with van der Waals surface area (Å²) in [6, 6.07) is 12.7. The van der Waals surface area contributed by atoms with Crippen LogP contribution in [0.5, 0.6) is 5.75 Å². The van der Waals surface area contributed by atoms with Gasteiger partial charge in [-0.05, 0) is 36.4 Å². The highest BCUT2D eigenvalue weighted by Crippen LogP contribution is 2.22. The number of hydrogen-bond donors (Lipinski definition) is 2. The van der Waals surface area contributed by atoms with Crippen LogP contribution in [0.15, 0.2) is 48.7 Å². The number of aromatic nitrogens is 2. The molecule has 0 saturated carbocycles. The molecule has 2 aromatic heterocycles. The number of hydrogen-bond acceptors (Lipinski definition) is 4. The van der Waals surface area contributed by atoms with Crippen LogP contribution in [0.1, 0.15) is 10.5 Å². The SMILES string of the molecule is O=C(c1cc2cc(O)ccc2[nH]1)N1CCN(c2ccccn2)CC1. The van der Waals surface area contributed by atoms with Gasteiger partial charge in [0, 0.05) is 43.3 Å². The summed E-state index contributed by atoms with van der Waals surface area (Å²) >= 11 is 0. The topological polar surface area (TPSA) is 72.5 Å². The van der Waals surface area contributed by atoms with E-state index < -0.39 is 0 Å². The molecule has 24 heavy (non-hydrogen) atoms. The minimum Gasteiger partial charge on any atom is -0.508 e. The molecule has 0 aliphatic carbocycles. The van der Waals surface area contributed by atoms with Gasteiger partial charge in [0.25, 0.3) is 5.91 Å². The molecule has 1 saturated heterocycles. The zero-order valence-corrected chi connectivity index (χ0v) is 13.1. The maximum atomic E-state index is 12.7. The van der Waals surface area contributed by atoms with Gasteiger partial charge in [0.05, 0.1) is 0 Å². The van der Waals surface area contributed by atoms with Gasteiger partial charge in [-0.2, -0.15) is 0 Å². The molecular weight excluding hydrogens is 304 g/mol. The number of phenols is 1. The third kappa shape index (κ3) is 2.67. The third-order valence-corrected chi connectivity index (χ3v) is 4.37. The molecular formula is C18H18N4O2. The first kappa shape index (κ1) is 14.6. The molecule has 2 N–H and O–H groups in total. The van der Waals surface area contributed by atoms with Crippen LogP contribution in [-0.4, -0.2) is 52.1 Å².